The number of rotatable bonds is 7. The number of amides is 1. The van der Waals surface area contributed by atoms with Gasteiger partial charge in [0, 0.05) is 24.2 Å². The quantitative estimate of drug-likeness (QED) is 0.546. The monoisotopic (exact) mass is 409 g/mol. The molecule has 1 fully saturated rings. The van der Waals surface area contributed by atoms with Crippen molar-refractivity contribution in [2.75, 3.05) is 18.4 Å². The lowest BCUT2D eigenvalue weighted by Gasteiger charge is -2.23. The number of carbonyl (C=O) groups is 1. The van der Waals surface area contributed by atoms with Gasteiger partial charge in [0.25, 0.3) is 0 Å². The molecule has 1 aromatic carbocycles. The Hall–Kier alpha value is -3.20. The maximum absolute atomic E-state index is 11.7. The zero-order valence-corrected chi connectivity index (χ0v) is 17.3. The first-order chi connectivity index (χ1) is 14.5. The van der Waals surface area contributed by atoms with Crippen molar-refractivity contribution in [2.45, 2.75) is 45.3 Å². The summed E-state index contributed by atoms with van der Waals surface area (Å²) in [7, 11) is 0. The highest BCUT2D eigenvalue weighted by molar-refractivity contribution is 5.94. The molecule has 0 spiro atoms. The summed E-state index contributed by atoms with van der Waals surface area (Å²) in [6.45, 7) is 6.35. The summed E-state index contributed by atoms with van der Waals surface area (Å²) in [5.74, 6) is 0.296. The van der Waals surface area contributed by atoms with Crippen LogP contribution in [-0.2, 0) is 6.54 Å². The molecule has 4 rings (SSSR count). The number of nitrogens with zero attached hydrogens (tertiary/aromatic N) is 4. The lowest BCUT2D eigenvalue weighted by Crippen LogP contribution is -2.37. The van der Waals surface area contributed by atoms with Crippen molar-refractivity contribution in [3.63, 3.8) is 0 Å². The normalized spacial score (nSPS) is 16.7. The second kappa shape index (κ2) is 8.66. The zero-order chi connectivity index (χ0) is 21.1. The Balaban J connectivity index is 1.66. The molecule has 1 unspecified atom stereocenters. The standard InChI is InChI=1S/C21H27N7O2/c1-13(2)17-12-25-28-19(17)26-21(30-15-7-5-9-23-11-15)27-20(28)24-10-14-6-3-4-8-16(14)18(22)29/h3-4,6,8,12-13,15,23H,5,7,9-11H2,1-2H3,(H2,22,29)(H,24,26,27). The molecule has 0 aliphatic carbocycles. The molecule has 9 heteroatoms. The van der Waals surface area contributed by atoms with Crippen LogP contribution >= 0.6 is 0 Å². The molecule has 2 aromatic heterocycles. The van der Waals surface area contributed by atoms with E-state index < -0.39 is 5.91 Å². The molecule has 1 saturated heterocycles. The summed E-state index contributed by atoms with van der Waals surface area (Å²) in [4.78, 5) is 20.9. The number of ether oxygens (including phenoxy) is 1. The fraction of sp³-hybridized carbons (Fsp3) is 0.429. The summed E-state index contributed by atoms with van der Waals surface area (Å²) < 4.78 is 7.76. The second-order valence-electron chi connectivity index (χ2n) is 7.78. The van der Waals surface area contributed by atoms with E-state index in [0.717, 1.165) is 37.1 Å². The van der Waals surface area contributed by atoms with Gasteiger partial charge >= 0.3 is 6.01 Å². The number of nitrogens with one attached hydrogen (secondary N) is 2. The minimum Gasteiger partial charge on any atom is -0.459 e. The number of aromatic nitrogens is 4. The molecular weight excluding hydrogens is 382 g/mol. The van der Waals surface area contributed by atoms with Crippen LogP contribution < -0.4 is 21.1 Å². The molecular formula is C21H27N7O2. The molecule has 30 heavy (non-hydrogen) atoms. The van der Waals surface area contributed by atoms with E-state index in [4.69, 9.17) is 10.5 Å². The lowest BCUT2D eigenvalue weighted by molar-refractivity contribution is 0.0999. The van der Waals surface area contributed by atoms with Crippen LogP contribution in [-0.4, -0.2) is 44.7 Å². The first kappa shape index (κ1) is 20.1. The molecule has 158 valence electrons. The smallest absolute Gasteiger partial charge is 0.322 e. The highest BCUT2D eigenvalue weighted by atomic mass is 16.5. The Morgan fingerprint density at radius 2 is 2.20 bits per heavy atom. The second-order valence-corrected chi connectivity index (χ2v) is 7.78. The van der Waals surface area contributed by atoms with Gasteiger partial charge < -0.3 is 21.1 Å². The van der Waals surface area contributed by atoms with Crippen LogP contribution in [0.25, 0.3) is 5.65 Å². The van der Waals surface area contributed by atoms with Gasteiger partial charge in [0.05, 0.1) is 6.20 Å². The molecule has 9 nitrogen and oxygen atoms in total. The van der Waals surface area contributed by atoms with E-state index in [0.29, 0.717) is 29.7 Å². The van der Waals surface area contributed by atoms with E-state index in [1.807, 2.05) is 18.3 Å². The Morgan fingerprint density at radius 1 is 1.37 bits per heavy atom. The Bertz CT molecular complexity index is 1040. The first-order valence-electron chi connectivity index (χ1n) is 10.3. The highest BCUT2D eigenvalue weighted by Crippen LogP contribution is 2.24. The van der Waals surface area contributed by atoms with Crippen molar-refractivity contribution in [1.29, 1.82) is 0 Å². The third-order valence-corrected chi connectivity index (χ3v) is 5.24. The summed E-state index contributed by atoms with van der Waals surface area (Å²) in [6.07, 6.45) is 3.87. The number of nitrogens with two attached hydrogens (primary N) is 1. The van der Waals surface area contributed by atoms with E-state index in [1.165, 1.54) is 0 Å². The Kier molecular flexibility index (Phi) is 5.80. The molecule has 1 aliphatic heterocycles. The number of hydrogen-bond donors (Lipinski definition) is 3. The summed E-state index contributed by atoms with van der Waals surface area (Å²) >= 11 is 0. The van der Waals surface area contributed by atoms with Gasteiger partial charge in [-0.15, -0.1) is 0 Å². The predicted molar refractivity (Wildman–Crippen MR) is 114 cm³/mol. The molecule has 0 radical (unpaired) electrons. The average molecular weight is 409 g/mol. The van der Waals surface area contributed by atoms with E-state index in [1.54, 1.807) is 16.6 Å². The molecule has 1 aliphatic rings. The number of fused-ring (bicyclic) bond motifs is 1. The van der Waals surface area contributed by atoms with E-state index in [2.05, 4.69) is 39.5 Å². The van der Waals surface area contributed by atoms with Crippen molar-refractivity contribution in [3.05, 3.63) is 47.2 Å². The third-order valence-electron chi connectivity index (χ3n) is 5.24. The molecule has 0 bridgehead atoms. The average Bonchev–Trinajstić information content (AvgIpc) is 3.17. The van der Waals surface area contributed by atoms with Gasteiger partial charge in [0.2, 0.25) is 11.9 Å². The maximum Gasteiger partial charge on any atom is 0.322 e. The van der Waals surface area contributed by atoms with Crippen LogP contribution in [0.3, 0.4) is 0 Å². The molecule has 0 saturated carbocycles. The van der Waals surface area contributed by atoms with E-state index in [9.17, 15) is 4.79 Å². The van der Waals surface area contributed by atoms with Crippen molar-refractivity contribution in [2.24, 2.45) is 5.73 Å². The number of carbonyl (C=O) groups excluding carboxylic acids is 1. The third kappa shape index (κ3) is 4.20. The molecule has 1 amide bonds. The van der Waals surface area contributed by atoms with Crippen LogP contribution in [0.5, 0.6) is 6.01 Å². The Morgan fingerprint density at radius 3 is 2.93 bits per heavy atom. The SMILES string of the molecule is CC(C)c1cnn2c(NCc3ccccc3C(N)=O)nc(OC3CCCNC3)nc12. The van der Waals surface area contributed by atoms with Gasteiger partial charge in [-0.25, -0.2) is 0 Å². The minimum absolute atomic E-state index is 0.0371. The first-order valence-corrected chi connectivity index (χ1v) is 10.3. The van der Waals surface area contributed by atoms with Crippen molar-refractivity contribution in [1.82, 2.24) is 24.9 Å². The van der Waals surface area contributed by atoms with Gasteiger partial charge in [-0.05, 0) is 36.9 Å². The fourth-order valence-electron chi connectivity index (χ4n) is 3.61. The van der Waals surface area contributed by atoms with E-state index >= 15 is 0 Å². The fourth-order valence-corrected chi connectivity index (χ4v) is 3.61. The number of anilines is 1. The van der Waals surface area contributed by atoms with Gasteiger partial charge in [-0.2, -0.15) is 19.6 Å². The topological polar surface area (TPSA) is 119 Å². The van der Waals surface area contributed by atoms with Crippen LogP contribution in [0.2, 0.25) is 0 Å². The van der Waals surface area contributed by atoms with E-state index in [-0.39, 0.29) is 12.0 Å². The molecule has 1 atom stereocenters. The number of benzene rings is 1. The van der Waals surface area contributed by atoms with Gasteiger partial charge in [0.1, 0.15) is 6.10 Å². The van der Waals surface area contributed by atoms with Crippen molar-refractivity contribution >= 4 is 17.5 Å². The largest absolute Gasteiger partial charge is 0.459 e. The van der Waals surface area contributed by atoms with Crippen molar-refractivity contribution < 1.29 is 9.53 Å². The summed E-state index contributed by atoms with van der Waals surface area (Å²) in [5, 5.41) is 11.1. The van der Waals surface area contributed by atoms with Crippen LogP contribution in [0.15, 0.2) is 30.5 Å². The van der Waals surface area contributed by atoms with Gasteiger partial charge in [-0.1, -0.05) is 32.0 Å². The van der Waals surface area contributed by atoms with Crippen LogP contribution in [0.4, 0.5) is 5.95 Å². The molecule has 3 aromatic rings. The summed E-state index contributed by atoms with van der Waals surface area (Å²) in [5.41, 5.74) is 8.49. The molecule has 3 heterocycles. The summed E-state index contributed by atoms with van der Waals surface area (Å²) in [6, 6.07) is 7.56. The van der Waals surface area contributed by atoms with Crippen LogP contribution in [0, 0.1) is 0 Å². The number of primary amides is 1. The zero-order valence-electron chi connectivity index (χ0n) is 17.3. The number of piperidine rings is 1. The van der Waals surface area contributed by atoms with Gasteiger partial charge in [-0.3, -0.25) is 4.79 Å². The van der Waals surface area contributed by atoms with Crippen molar-refractivity contribution in [3.8, 4) is 6.01 Å². The Labute approximate surface area is 175 Å². The number of hydrogen-bond acceptors (Lipinski definition) is 7. The lowest BCUT2D eigenvalue weighted by atomic mass is 10.1. The highest BCUT2D eigenvalue weighted by Gasteiger charge is 2.20. The minimum atomic E-state index is -0.463. The van der Waals surface area contributed by atoms with Gasteiger partial charge in [0.15, 0.2) is 5.65 Å². The maximum atomic E-state index is 11.7. The molecule has 4 N–H and O–H groups in total. The predicted octanol–water partition coefficient (Wildman–Crippen LogP) is 2.09. The van der Waals surface area contributed by atoms with Crippen LogP contribution in [0.1, 0.15) is 54.1 Å².